The van der Waals surface area contributed by atoms with Crippen LogP contribution < -0.4 is 5.32 Å². The number of nitriles is 1. The van der Waals surface area contributed by atoms with E-state index in [2.05, 4.69) is 29.3 Å². The van der Waals surface area contributed by atoms with E-state index in [0.717, 1.165) is 38.8 Å². The number of nitrogens with one attached hydrogen (secondary N) is 1. The number of fused-ring (bicyclic) bond motifs is 1. The van der Waals surface area contributed by atoms with Gasteiger partial charge in [0.25, 0.3) is 0 Å². The molecule has 5 rings (SSSR count). The predicted octanol–water partition coefficient (Wildman–Crippen LogP) is 6.57. The third kappa shape index (κ3) is 5.10. The third-order valence-electron chi connectivity index (χ3n) is 8.72. The first-order valence-electron chi connectivity index (χ1n) is 13.2. The van der Waals surface area contributed by atoms with E-state index in [0.29, 0.717) is 29.8 Å². The second kappa shape index (κ2) is 10.4. The van der Waals surface area contributed by atoms with Gasteiger partial charge in [0.1, 0.15) is 5.82 Å². The van der Waals surface area contributed by atoms with Crippen molar-refractivity contribution in [2.75, 3.05) is 25.0 Å². The second-order valence-corrected chi connectivity index (χ2v) is 11.2. The number of anilines is 1. The Bertz CT molecular complexity index is 1170. The lowest BCUT2D eigenvalue weighted by Crippen LogP contribution is -2.50. The molecular formula is C29H34ClFN4O. The maximum Gasteiger partial charge on any atom is 0.322 e. The van der Waals surface area contributed by atoms with Gasteiger partial charge in [-0.2, -0.15) is 5.26 Å². The van der Waals surface area contributed by atoms with Gasteiger partial charge in [0.2, 0.25) is 0 Å². The van der Waals surface area contributed by atoms with Crippen LogP contribution >= 0.6 is 11.6 Å². The number of likely N-dealkylation sites (tertiary alicyclic amines) is 1. The quantitative estimate of drug-likeness (QED) is 0.480. The second-order valence-electron chi connectivity index (χ2n) is 10.8. The van der Waals surface area contributed by atoms with E-state index in [9.17, 15) is 14.4 Å². The van der Waals surface area contributed by atoms with Gasteiger partial charge in [-0.1, -0.05) is 30.2 Å². The molecule has 1 heterocycles. The van der Waals surface area contributed by atoms with Gasteiger partial charge in [-0.25, -0.2) is 9.18 Å². The SMILES string of the molecule is C[C@H]1CCCCN1CCN(C(=O)Nc1ccc(F)c(Cl)c1)[C@@H]1CC[C@@]2(c3cccc(C#N)c3)CC2C1. The maximum atomic E-state index is 13.6. The van der Waals surface area contributed by atoms with Crippen LogP contribution in [0, 0.1) is 23.1 Å². The Balaban J connectivity index is 1.30. The topological polar surface area (TPSA) is 59.4 Å². The van der Waals surface area contributed by atoms with Crippen LogP contribution in [0.25, 0.3) is 0 Å². The summed E-state index contributed by atoms with van der Waals surface area (Å²) in [5, 5.41) is 12.3. The molecule has 190 valence electrons. The number of hydrogen-bond donors (Lipinski definition) is 1. The van der Waals surface area contributed by atoms with Crippen LogP contribution in [0.15, 0.2) is 42.5 Å². The van der Waals surface area contributed by atoms with Gasteiger partial charge in [-0.3, -0.25) is 4.90 Å². The Hall–Kier alpha value is -2.62. The molecule has 0 radical (unpaired) electrons. The average Bonchev–Trinajstić information content (AvgIpc) is 3.63. The number of nitrogens with zero attached hydrogens (tertiary/aromatic N) is 3. The van der Waals surface area contributed by atoms with E-state index in [-0.39, 0.29) is 22.5 Å². The molecule has 2 amide bonds. The highest BCUT2D eigenvalue weighted by atomic mass is 35.5. The fourth-order valence-electron chi connectivity index (χ4n) is 6.49. The van der Waals surface area contributed by atoms with E-state index in [4.69, 9.17) is 11.6 Å². The monoisotopic (exact) mass is 508 g/mol. The number of amides is 2. The molecule has 3 fully saturated rings. The molecule has 5 nitrogen and oxygen atoms in total. The number of benzene rings is 2. The standard InChI is InChI=1S/C29H34ClFN4O/c1-20-5-2-3-12-34(20)13-14-35(28(36)33-24-8-9-27(31)26(30)17-24)25-10-11-29(18-23(29)16-25)22-7-4-6-21(15-22)19-32/h4,6-9,15,17,20,23,25H,2-3,5,10-14,16,18H2,1H3,(H,33,36)/t20-,23?,25+,29-/m0/s1. The molecule has 2 aliphatic carbocycles. The lowest BCUT2D eigenvalue weighted by molar-refractivity contribution is 0.116. The first kappa shape index (κ1) is 25.0. The number of hydrogen-bond acceptors (Lipinski definition) is 3. The van der Waals surface area contributed by atoms with E-state index < -0.39 is 5.82 Å². The molecule has 36 heavy (non-hydrogen) atoms. The van der Waals surface area contributed by atoms with Crippen molar-refractivity contribution in [3.8, 4) is 6.07 Å². The highest BCUT2D eigenvalue weighted by molar-refractivity contribution is 6.31. The largest absolute Gasteiger partial charge is 0.322 e. The summed E-state index contributed by atoms with van der Waals surface area (Å²) in [6, 6.07) is 15.2. The highest BCUT2D eigenvalue weighted by Crippen LogP contribution is 2.62. The Morgan fingerprint density at radius 3 is 2.89 bits per heavy atom. The van der Waals surface area contributed by atoms with Gasteiger partial charge in [0, 0.05) is 30.9 Å². The molecule has 0 bridgehead atoms. The summed E-state index contributed by atoms with van der Waals surface area (Å²) in [6.07, 6.45) is 7.71. The molecule has 1 saturated heterocycles. The van der Waals surface area contributed by atoms with Crippen molar-refractivity contribution in [1.82, 2.24) is 9.80 Å². The molecule has 1 aliphatic heterocycles. The molecule has 1 N–H and O–H groups in total. The molecule has 3 aliphatic rings. The van der Waals surface area contributed by atoms with Crippen molar-refractivity contribution >= 4 is 23.3 Å². The first-order valence-corrected chi connectivity index (χ1v) is 13.5. The number of piperidine rings is 1. The van der Waals surface area contributed by atoms with Gasteiger partial charge in [0.05, 0.1) is 16.7 Å². The van der Waals surface area contributed by atoms with Crippen LogP contribution in [0.5, 0.6) is 0 Å². The molecule has 0 aromatic heterocycles. The van der Waals surface area contributed by atoms with Crippen molar-refractivity contribution in [2.24, 2.45) is 5.92 Å². The fraction of sp³-hybridized carbons (Fsp3) is 0.517. The summed E-state index contributed by atoms with van der Waals surface area (Å²) >= 11 is 5.96. The third-order valence-corrected chi connectivity index (χ3v) is 9.01. The van der Waals surface area contributed by atoms with Gasteiger partial charge in [-0.15, -0.1) is 0 Å². The Labute approximate surface area is 218 Å². The molecule has 2 aromatic carbocycles. The van der Waals surface area contributed by atoms with Gasteiger partial charge < -0.3 is 10.2 Å². The summed E-state index contributed by atoms with van der Waals surface area (Å²) in [5.41, 5.74) is 2.64. The smallest absolute Gasteiger partial charge is 0.320 e. The van der Waals surface area contributed by atoms with E-state index in [1.165, 1.54) is 37.0 Å². The molecule has 7 heteroatoms. The zero-order chi connectivity index (χ0) is 25.3. The number of halogens is 2. The van der Waals surface area contributed by atoms with Crippen molar-refractivity contribution in [2.45, 2.75) is 69.4 Å². The number of carbonyl (C=O) groups excluding carboxylic acids is 1. The summed E-state index contributed by atoms with van der Waals surface area (Å²) in [4.78, 5) is 18.0. The van der Waals surface area contributed by atoms with Crippen molar-refractivity contribution in [3.63, 3.8) is 0 Å². The number of urea groups is 1. The number of rotatable bonds is 6. The molecule has 1 unspecified atom stereocenters. The minimum Gasteiger partial charge on any atom is -0.320 e. The normalized spacial score (nSPS) is 27.6. The summed E-state index contributed by atoms with van der Waals surface area (Å²) in [7, 11) is 0. The zero-order valence-corrected chi connectivity index (χ0v) is 21.6. The Kier molecular flexibility index (Phi) is 7.23. The van der Waals surface area contributed by atoms with E-state index >= 15 is 0 Å². The van der Waals surface area contributed by atoms with Crippen molar-refractivity contribution in [1.29, 1.82) is 5.26 Å². The van der Waals surface area contributed by atoms with Crippen LogP contribution in [0.2, 0.25) is 5.02 Å². The molecule has 4 atom stereocenters. The predicted molar refractivity (Wildman–Crippen MR) is 141 cm³/mol. The van der Waals surface area contributed by atoms with Crippen LogP contribution in [0.3, 0.4) is 0 Å². The van der Waals surface area contributed by atoms with Crippen molar-refractivity contribution < 1.29 is 9.18 Å². The van der Waals surface area contributed by atoms with Gasteiger partial charge in [-0.05, 0) is 99.2 Å². The Morgan fingerprint density at radius 2 is 2.14 bits per heavy atom. The lowest BCUT2D eigenvalue weighted by atomic mass is 9.80. The van der Waals surface area contributed by atoms with Crippen LogP contribution in [0.1, 0.15) is 63.0 Å². The zero-order valence-electron chi connectivity index (χ0n) is 20.9. The highest BCUT2D eigenvalue weighted by Gasteiger charge is 2.58. The van der Waals surface area contributed by atoms with Crippen LogP contribution in [-0.2, 0) is 5.41 Å². The van der Waals surface area contributed by atoms with Crippen LogP contribution in [0.4, 0.5) is 14.9 Å². The van der Waals surface area contributed by atoms with Gasteiger partial charge in [0.15, 0.2) is 0 Å². The minimum absolute atomic E-state index is 0.00141. The molecule has 2 saturated carbocycles. The summed E-state index contributed by atoms with van der Waals surface area (Å²) < 4.78 is 13.6. The summed E-state index contributed by atoms with van der Waals surface area (Å²) in [6.45, 7) is 4.88. The van der Waals surface area contributed by atoms with Crippen LogP contribution in [-0.4, -0.2) is 47.5 Å². The number of carbonyl (C=O) groups is 1. The van der Waals surface area contributed by atoms with E-state index in [1.807, 2.05) is 23.1 Å². The fourth-order valence-corrected chi connectivity index (χ4v) is 6.67. The molecule has 2 aromatic rings. The first-order chi connectivity index (χ1) is 17.4. The van der Waals surface area contributed by atoms with Gasteiger partial charge >= 0.3 is 6.03 Å². The van der Waals surface area contributed by atoms with Crippen molar-refractivity contribution in [3.05, 3.63) is 64.4 Å². The van der Waals surface area contributed by atoms with E-state index in [1.54, 1.807) is 6.07 Å². The average molecular weight is 509 g/mol. The molecular weight excluding hydrogens is 475 g/mol. The lowest BCUT2D eigenvalue weighted by Gasteiger charge is -2.39. The maximum absolute atomic E-state index is 13.6. The molecule has 0 spiro atoms. The minimum atomic E-state index is -0.497. The Morgan fingerprint density at radius 1 is 1.28 bits per heavy atom. The summed E-state index contributed by atoms with van der Waals surface area (Å²) in [5.74, 6) is 0.0260.